The van der Waals surface area contributed by atoms with Crippen molar-refractivity contribution in [2.45, 2.75) is 27.4 Å². The van der Waals surface area contributed by atoms with Crippen LogP contribution in [0.2, 0.25) is 0 Å². The normalized spacial score (nSPS) is 10.5. The van der Waals surface area contributed by atoms with Crippen molar-refractivity contribution < 1.29 is 9.53 Å². The number of carbonyl (C=O) groups is 1. The minimum absolute atomic E-state index is 0.140. The van der Waals surface area contributed by atoms with E-state index in [1.54, 1.807) is 0 Å². The molecule has 0 aliphatic heterocycles. The molecule has 2 aromatic carbocycles. The maximum absolute atomic E-state index is 12.4. The van der Waals surface area contributed by atoms with Crippen LogP contribution in [0.1, 0.15) is 31.5 Å². The quantitative estimate of drug-likeness (QED) is 0.710. The molecule has 0 aliphatic carbocycles. The third kappa shape index (κ3) is 4.25. The minimum Gasteiger partial charge on any atom is -0.486 e. The average molecular weight is 352 g/mol. The number of para-hydroxylation sites is 1. The molecule has 0 bridgehead atoms. The van der Waals surface area contributed by atoms with Crippen LogP contribution in [0.5, 0.6) is 5.75 Å². The van der Waals surface area contributed by atoms with Crippen LogP contribution in [0.3, 0.4) is 0 Å². The molecule has 0 saturated carbocycles. The van der Waals surface area contributed by atoms with Crippen LogP contribution < -0.4 is 10.1 Å². The Morgan fingerprint density at radius 3 is 2.56 bits per heavy atom. The fraction of sp³-hybridized carbons (Fsp3) is 0.200. The van der Waals surface area contributed by atoms with Crippen molar-refractivity contribution in [3.05, 3.63) is 75.2 Å². The first kappa shape index (κ1) is 17.2. The molecule has 1 N–H and O–H groups in total. The maximum atomic E-state index is 12.4. The van der Waals surface area contributed by atoms with E-state index >= 15 is 0 Å². The summed E-state index contributed by atoms with van der Waals surface area (Å²) in [5, 5.41) is 3.68. The summed E-state index contributed by atoms with van der Waals surface area (Å²) in [6.45, 7) is 6.32. The Kier molecular flexibility index (Phi) is 5.14. The van der Waals surface area contributed by atoms with Crippen molar-refractivity contribution in [1.29, 1.82) is 0 Å². The van der Waals surface area contributed by atoms with Crippen LogP contribution >= 0.6 is 11.3 Å². The number of carbonyl (C=O) groups excluding carboxylic acids is 1. The Bertz CT molecular complexity index is 888. The van der Waals surface area contributed by atoms with Crippen LogP contribution in [0.15, 0.2) is 48.5 Å². The molecule has 3 aromatic rings. The lowest BCUT2D eigenvalue weighted by atomic mass is 10.1. The maximum Gasteiger partial charge on any atom is 0.267 e. The molecule has 128 valence electrons. The first-order valence-corrected chi connectivity index (χ1v) is 8.87. The Morgan fingerprint density at radius 1 is 1.08 bits per heavy atom. The first-order chi connectivity index (χ1) is 12.0. The second-order valence-corrected chi connectivity index (χ2v) is 6.96. The number of hydrogen-bond donors (Lipinski definition) is 1. The monoisotopic (exact) mass is 352 g/mol. The summed E-state index contributed by atoms with van der Waals surface area (Å²) in [5.74, 6) is 0.671. The van der Waals surface area contributed by atoms with E-state index in [0.717, 1.165) is 22.1 Å². The highest BCUT2D eigenvalue weighted by atomic mass is 32.1. The molecular weight excluding hydrogens is 332 g/mol. The topological polar surface area (TPSA) is 51.2 Å². The number of hydrogen-bond acceptors (Lipinski definition) is 4. The van der Waals surface area contributed by atoms with Crippen molar-refractivity contribution >= 4 is 22.9 Å². The molecule has 0 unspecified atom stereocenters. The van der Waals surface area contributed by atoms with Gasteiger partial charge in [0.1, 0.15) is 22.2 Å². The molecule has 4 nitrogen and oxygen atoms in total. The van der Waals surface area contributed by atoms with Gasteiger partial charge in [0.05, 0.1) is 5.69 Å². The smallest absolute Gasteiger partial charge is 0.267 e. The van der Waals surface area contributed by atoms with Gasteiger partial charge in [-0.2, -0.15) is 0 Å². The molecular formula is C20H20N2O2S. The molecule has 1 aromatic heterocycles. The zero-order valence-electron chi connectivity index (χ0n) is 14.5. The zero-order chi connectivity index (χ0) is 17.8. The van der Waals surface area contributed by atoms with E-state index in [1.807, 2.05) is 55.5 Å². The van der Waals surface area contributed by atoms with Gasteiger partial charge in [0.25, 0.3) is 5.91 Å². The number of ether oxygens (including phenoxy) is 1. The summed E-state index contributed by atoms with van der Waals surface area (Å²) in [6.07, 6.45) is 0. The molecule has 25 heavy (non-hydrogen) atoms. The Morgan fingerprint density at radius 2 is 1.84 bits per heavy atom. The van der Waals surface area contributed by atoms with Gasteiger partial charge in [-0.05, 0) is 56.2 Å². The second-order valence-electron chi connectivity index (χ2n) is 5.88. The predicted octanol–water partition coefficient (Wildman–Crippen LogP) is 4.90. The second kappa shape index (κ2) is 7.49. The standard InChI is InChI=1S/C20H20N2O2S/c1-13-9-10-17(11-14(13)2)24-12-18-21-15(3)19(25-18)20(23)22-16-7-5-4-6-8-16/h4-11H,12H2,1-3H3,(H,22,23). The van der Waals surface area contributed by atoms with Gasteiger partial charge in [-0.1, -0.05) is 24.3 Å². The summed E-state index contributed by atoms with van der Waals surface area (Å²) in [4.78, 5) is 17.5. The molecule has 0 atom stereocenters. The van der Waals surface area contributed by atoms with E-state index in [9.17, 15) is 4.79 Å². The van der Waals surface area contributed by atoms with E-state index in [2.05, 4.69) is 24.1 Å². The Hall–Kier alpha value is -2.66. The van der Waals surface area contributed by atoms with Crippen molar-refractivity contribution in [1.82, 2.24) is 4.98 Å². The number of thiazole rings is 1. The van der Waals surface area contributed by atoms with E-state index < -0.39 is 0 Å². The fourth-order valence-corrected chi connectivity index (χ4v) is 3.26. The van der Waals surface area contributed by atoms with Crippen LogP contribution in [-0.4, -0.2) is 10.9 Å². The lowest BCUT2D eigenvalue weighted by molar-refractivity contribution is 0.103. The molecule has 0 spiro atoms. The zero-order valence-corrected chi connectivity index (χ0v) is 15.3. The Labute approximate surface area is 151 Å². The van der Waals surface area contributed by atoms with Gasteiger partial charge >= 0.3 is 0 Å². The van der Waals surface area contributed by atoms with Crippen LogP contribution in [0.4, 0.5) is 5.69 Å². The third-order valence-electron chi connectivity index (χ3n) is 3.92. The fourth-order valence-electron chi connectivity index (χ4n) is 2.38. The lowest BCUT2D eigenvalue weighted by Crippen LogP contribution is -2.11. The number of benzene rings is 2. The Balaban J connectivity index is 1.67. The number of aromatic nitrogens is 1. The minimum atomic E-state index is -0.140. The molecule has 5 heteroatoms. The average Bonchev–Trinajstić information content (AvgIpc) is 2.98. The highest BCUT2D eigenvalue weighted by Crippen LogP contribution is 2.22. The molecule has 0 fully saturated rings. The third-order valence-corrected chi connectivity index (χ3v) is 5.05. The molecule has 1 amide bonds. The highest BCUT2D eigenvalue weighted by molar-refractivity contribution is 7.13. The number of nitrogens with one attached hydrogen (secondary N) is 1. The van der Waals surface area contributed by atoms with Crippen LogP contribution in [0.25, 0.3) is 0 Å². The summed E-state index contributed by atoms with van der Waals surface area (Å²) in [5.41, 5.74) is 3.92. The van der Waals surface area contributed by atoms with Gasteiger partial charge in [0, 0.05) is 5.69 Å². The first-order valence-electron chi connectivity index (χ1n) is 8.05. The summed E-state index contributed by atoms with van der Waals surface area (Å²) < 4.78 is 5.81. The van der Waals surface area contributed by atoms with Gasteiger partial charge in [0.15, 0.2) is 0 Å². The molecule has 3 rings (SSSR count). The van der Waals surface area contributed by atoms with Gasteiger partial charge in [-0.15, -0.1) is 11.3 Å². The molecule has 0 saturated heterocycles. The molecule has 1 heterocycles. The highest BCUT2D eigenvalue weighted by Gasteiger charge is 2.16. The van der Waals surface area contributed by atoms with E-state index in [0.29, 0.717) is 11.5 Å². The van der Waals surface area contributed by atoms with Gasteiger partial charge in [-0.25, -0.2) is 4.98 Å². The number of nitrogens with zero attached hydrogens (tertiary/aromatic N) is 1. The largest absolute Gasteiger partial charge is 0.486 e. The van der Waals surface area contributed by atoms with Crippen molar-refractivity contribution in [3.63, 3.8) is 0 Å². The van der Waals surface area contributed by atoms with Crippen molar-refractivity contribution in [2.24, 2.45) is 0 Å². The summed E-state index contributed by atoms with van der Waals surface area (Å²) >= 11 is 1.37. The van der Waals surface area contributed by atoms with Gasteiger partial charge in [0.2, 0.25) is 0 Å². The van der Waals surface area contributed by atoms with Crippen LogP contribution in [-0.2, 0) is 6.61 Å². The molecule has 0 aliphatic rings. The van der Waals surface area contributed by atoms with Crippen molar-refractivity contribution in [3.8, 4) is 5.75 Å². The number of rotatable bonds is 5. The lowest BCUT2D eigenvalue weighted by Gasteiger charge is -2.06. The van der Waals surface area contributed by atoms with Crippen molar-refractivity contribution in [2.75, 3.05) is 5.32 Å². The van der Waals surface area contributed by atoms with Gasteiger partial charge < -0.3 is 10.1 Å². The predicted molar refractivity (Wildman–Crippen MR) is 101 cm³/mol. The number of amides is 1. The van der Waals surface area contributed by atoms with Crippen LogP contribution in [0, 0.1) is 20.8 Å². The summed E-state index contributed by atoms with van der Waals surface area (Å²) in [6, 6.07) is 15.4. The van der Waals surface area contributed by atoms with Gasteiger partial charge in [-0.3, -0.25) is 4.79 Å². The molecule has 0 radical (unpaired) electrons. The van der Waals surface area contributed by atoms with E-state index in [1.165, 1.54) is 22.5 Å². The van der Waals surface area contributed by atoms with E-state index in [4.69, 9.17) is 4.74 Å². The number of anilines is 1. The summed E-state index contributed by atoms with van der Waals surface area (Å²) in [7, 11) is 0. The number of aryl methyl sites for hydroxylation is 3. The SMILES string of the molecule is Cc1ccc(OCc2nc(C)c(C(=O)Nc3ccccc3)s2)cc1C. The van der Waals surface area contributed by atoms with E-state index in [-0.39, 0.29) is 5.91 Å².